The molecular weight excluding hydrogens is 356 g/mol. The number of thiazole rings is 1. The molecule has 3 heterocycles. The standard InChI is InChI=1S/C16H12N6OS2/c23-15(12-9-25-16(18-12)13-5-2-6-24-13)17-8-10-3-1-4-11(7-10)14-19-21-22-20-14/h1-7,9H,8H2,(H,17,23)(H,19,20,21,22). The molecule has 4 aromatic rings. The van der Waals surface area contributed by atoms with E-state index >= 15 is 0 Å². The number of tetrazole rings is 1. The minimum absolute atomic E-state index is 0.191. The van der Waals surface area contributed by atoms with Crippen molar-refractivity contribution < 1.29 is 4.79 Å². The molecule has 0 unspecified atom stereocenters. The monoisotopic (exact) mass is 368 g/mol. The van der Waals surface area contributed by atoms with E-state index in [9.17, 15) is 4.79 Å². The average Bonchev–Trinajstić information content (AvgIpc) is 3.41. The molecule has 0 aliphatic carbocycles. The van der Waals surface area contributed by atoms with Crippen molar-refractivity contribution in [2.75, 3.05) is 0 Å². The fraction of sp³-hybridized carbons (Fsp3) is 0.0625. The number of thiophene rings is 1. The first-order chi connectivity index (χ1) is 12.3. The quantitative estimate of drug-likeness (QED) is 0.564. The van der Waals surface area contributed by atoms with Crippen LogP contribution < -0.4 is 5.32 Å². The lowest BCUT2D eigenvalue weighted by molar-refractivity contribution is 0.0946. The highest BCUT2D eigenvalue weighted by Gasteiger charge is 2.12. The molecule has 7 nitrogen and oxygen atoms in total. The number of hydrogen-bond donors (Lipinski definition) is 2. The minimum Gasteiger partial charge on any atom is -0.347 e. The summed E-state index contributed by atoms with van der Waals surface area (Å²) in [6, 6.07) is 11.6. The molecule has 0 saturated carbocycles. The highest BCUT2D eigenvalue weighted by molar-refractivity contribution is 7.20. The largest absolute Gasteiger partial charge is 0.347 e. The average molecular weight is 368 g/mol. The predicted molar refractivity (Wildman–Crippen MR) is 96.2 cm³/mol. The Hall–Kier alpha value is -2.91. The van der Waals surface area contributed by atoms with Crippen LogP contribution in [-0.2, 0) is 6.54 Å². The van der Waals surface area contributed by atoms with E-state index in [2.05, 4.69) is 30.9 Å². The van der Waals surface area contributed by atoms with Crippen molar-refractivity contribution in [1.29, 1.82) is 0 Å². The van der Waals surface area contributed by atoms with E-state index in [0.717, 1.165) is 21.0 Å². The molecule has 4 rings (SSSR count). The minimum atomic E-state index is -0.191. The first-order valence-electron chi connectivity index (χ1n) is 7.40. The van der Waals surface area contributed by atoms with E-state index < -0.39 is 0 Å². The van der Waals surface area contributed by atoms with Crippen molar-refractivity contribution in [1.82, 2.24) is 30.9 Å². The molecule has 124 valence electrons. The molecule has 1 aromatic carbocycles. The van der Waals surface area contributed by atoms with Crippen LogP contribution in [0.5, 0.6) is 0 Å². The Morgan fingerprint density at radius 3 is 2.96 bits per heavy atom. The highest BCUT2D eigenvalue weighted by atomic mass is 32.1. The van der Waals surface area contributed by atoms with Gasteiger partial charge in [-0.2, -0.15) is 5.21 Å². The van der Waals surface area contributed by atoms with Gasteiger partial charge in [-0.3, -0.25) is 4.79 Å². The summed E-state index contributed by atoms with van der Waals surface area (Å²) >= 11 is 3.08. The summed E-state index contributed by atoms with van der Waals surface area (Å²) in [6.45, 7) is 0.399. The zero-order valence-electron chi connectivity index (χ0n) is 12.8. The van der Waals surface area contributed by atoms with Gasteiger partial charge in [-0.05, 0) is 28.3 Å². The van der Waals surface area contributed by atoms with E-state index in [1.807, 2.05) is 41.8 Å². The SMILES string of the molecule is O=C(NCc1cccc(-c2nn[nH]n2)c1)c1csc(-c2cccs2)n1. The number of aromatic nitrogens is 5. The number of H-pyrrole nitrogens is 1. The van der Waals surface area contributed by atoms with Crippen LogP contribution in [0.15, 0.2) is 47.2 Å². The van der Waals surface area contributed by atoms with Crippen LogP contribution in [-0.4, -0.2) is 31.5 Å². The molecule has 25 heavy (non-hydrogen) atoms. The van der Waals surface area contributed by atoms with Crippen LogP contribution in [0.4, 0.5) is 0 Å². The lowest BCUT2D eigenvalue weighted by Crippen LogP contribution is -2.23. The Labute approximate surface area is 150 Å². The second kappa shape index (κ2) is 6.91. The molecule has 0 fully saturated rings. The molecule has 9 heteroatoms. The van der Waals surface area contributed by atoms with E-state index in [-0.39, 0.29) is 5.91 Å². The number of nitrogens with zero attached hydrogens (tertiary/aromatic N) is 4. The normalized spacial score (nSPS) is 10.7. The van der Waals surface area contributed by atoms with Crippen molar-refractivity contribution in [3.8, 4) is 21.3 Å². The van der Waals surface area contributed by atoms with Crippen molar-refractivity contribution in [2.24, 2.45) is 0 Å². The number of amides is 1. The topological polar surface area (TPSA) is 96.5 Å². The van der Waals surface area contributed by atoms with Gasteiger partial charge in [0.2, 0.25) is 5.82 Å². The Balaban J connectivity index is 1.43. The number of hydrogen-bond acceptors (Lipinski definition) is 7. The van der Waals surface area contributed by atoms with Crippen LogP contribution in [0, 0.1) is 0 Å². The van der Waals surface area contributed by atoms with Crippen molar-refractivity contribution in [3.05, 3.63) is 58.4 Å². The predicted octanol–water partition coefficient (Wildman–Crippen LogP) is 2.98. The highest BCUT2D eigenvalue weighted by Crippen LogP contribution is 2.27. The number of carbonyl (C=O) groups excluding carboxylic acids is 1. The van der Waals surface area contributed by atoms with E-state index in [1.54, 1.807) is 16.7 Å². The smallest absolute Gasteiger partial charge is 0.271 e. The first kappa shape index (κ1) is 15.6. The molecule has 0 atom stereocenters. The third kappa shape index (κ3) is 3.47. The Kier molecular flexibility index (Phi) is 4.32. The van der Waals surface area contributed by atoms with Gasteiger partial charge < -0.3 is 5.32 Å². The Morgan fingerprint density at radius 1 is 1.20 bits per heavy atom. The zero-order chi connectivity index (χ0) is 17.1. The van der Waals surface area contributed by atoms with Crippen LogP contribution in [0.3, 0.4) is 0 Å². The first-order valence-corrected chi connectivity index (χ1v) is 9.16. The summed E-state index contributed by atoms with van der Waals surface area (Å²) in [6.07, 6.45) is 0. The maximum atomic E-state index is 12.3. The third-order valence-corrected chi connectivity index (χ3v) is 5.33. The molecule has 3 aromatic heterocycles. The zero-order valence-corrected chi connectivity index (χ0v) is 14.5. The second-order valence-electron chi connectivity index (χ2n) is 5.13. The van der Waals surface area contributed by atoms with Crippen LogP contribution in [0.2, 0.25) is 0 Å². The summed E-state index contributed by atoms with van der Waals surface area (Å²) in [5, 5.41) is 21.4. The second-order valence-corrected chi connectivity index (χ2v) is 6.94. The van der Waals surface area contributed by atoms with Crippen LogP contribution >= 0.6 is 22.7 Å². The van der Waals surface area contributed by atoms with Crippen LogP contribution in [0.25, 0.3) is 21.3 Å². The number of benzene rings is 1. The van der Waals surface area contributed by atoms with Crippen molar-refractivity contribution >= 4 is 28.6 Å². The van der Waals surface area contributed by atoms with Crippen LogP contribution in [0.1, 0.15) is 16.1 Å². The summed E-state index contributed by atoms with van der Waals surface area (Å²) in [7, 11) is 0. The van der Waals surface area contributed by atoms with Gasteiger partial charge in [0.05, 0.1) is 4.88 Å². The summed E-state index contributed by atoms with van der Waals surface area (Å²) in [4.78, 5) is 17.8. The van der Waals surface area contributed by atoms with Crippen molar-refractivity contribution in [3.63, 3.8) is 0 Å². The van der Waals surface area contributed by atoms with Crippen molar-refractivity contribution in [2.45, 2.75) is 6.54 Å². The van der Waals surface area contributed by atoms with E-state index in [0.29, 0.717) is 18.1 Å². The van der Waals surface area contributed by atoms with Gasteiger partial charge in [0, 0.05) is 17.5 Å². The maximum absolute atomic E-state index is 12.3. The Morgan fingerprint density at radius 2 is 2.16 bits per heavy atom. The van der Waals surface area contributed by atoms with Gasteiger partial charge >= 0.3 is 0 Å². The lowest BCUT2D eigenvalue weighted by atomic mass is 10.1. The van der Waals surface area contributed by atoms with E-state index in [4.69, 9.17) is 0 Å². The maximum Gasteiger partial charge on any atom is 0.271 e. The molecule has 1 amide bonds. The summed E-state index contributed by atoms with van der Waals surface area (Å²) < 4.78 is 0. The van der Waals surface area contributed by atoms with Gasteiger partial charge in [-0.15, -0.1) is 32.9 Å². The molecule has 0 aliphatic heterocycles. The van der Waals surface area contributed by atoms with Gasteiger partial charge in [0.15, 0.2) is 0 Å². The number of nitrogens with one attached hydrogen (secondary N) is 2. The summed E-state index contributed by atoms with van der Waals surface area (Å²) in [5.74, 6) is 0.331. The molecule has 0 bridgehead atoms. The van der Waals surface area contributed by atoms with Gasteiger partial charge in [0.1, 0.15) is 10.7 Å². The fourth-order valence-electron chi connectivity index (χ4n) is 2.27. The number of carbonyl (C=O) groups is 1. The summed E-state index contributed by atoms with van der Waals surface area (Å²) in [5.41, 5.74) is 2.22. The number of rotatable bonds is 5. The molecule has 0 aliphatic rings. The molecule has 0 radical (unpaired) electrons. The Bertz CT molecular complexity index is 978. The molecule has 2 N–H and O–H groups in total. The molecular formula is C16H12N6OS2. The lowest BCUT2D eigenvalue weighted by Gasteiger charge is -2.04. The van der Waals surface area contributed by atoms with E-state index in [1.165, 1.54) is 11.3 Å². The van der Waals surface area contributed by atoms with Gasteiger partial charge in [0.25, 0.3) is 5.91 Å². The third-order valence-electron chi connectivity index (χ3n) is 3.45. The molecule has 0 saturated heterocycles. The molecule has 0 spiro atoms. The fourth-order valence-corrected chi connectivity index (χ4v) is 3.88. The van der Waals surface area contributed by atoms with Gasteiger partial charge in [-0.25, -0.2) is 4.98 Å². The van der Waals surface area contributed by atoms with Gasteiger partial charge in [-0.1, -0.05) is 24.3 Å². The number of aromatic amines is 1.